The summed E-state index contributed by atoms with van der Waals surface area (Å²) in [6.07, 6.45) is 32.6. The van der Waals surface area contributed by atoms with Crippen LogP contribution in [0.2, 0.25) is 0 Å². The van der Waals surface area contributed by atoms with Crippen LogP contribution in [0.1, 0.15) is 380 Å². The van der Waals surface area contributed by atoms with Crippen molar-refractivity contribution in [2.75, 3.05) is 13.2 Å². The van der Waals surface area contributed by atoms with E-state index in [1.54, 1.807) is 34.6 Å². The lowest BCUT2D eigenvalue weighted by molar-refractivity contribution is -0.174. The SMILES string of the molecule is CC(O)COC(=O)C1CC2CC1C(C)C2C.CC1C(=O)OC(=O)C1C.CC1C(=O)OC(=O)C1C.CC1C2CC(C(=O)O)C(C2)C1C.CC1C2CC(C(=O)OC(C)(C)C)C(C2)C1C.CC1C2CC(C1C)C1(COC(=O)C1)C2.CC1CCC(C(C)(C)OC(=O)C2CC3CC2C(C)C3C)C(=O)C1.CCC1(OC(=O)C2CC3CC2C(C)C3C)CCCCC1.CCC1(OC(=O)C2CC3CC2C(C)C3C)CCCCC1. The number of ketones is 1. The molecule has 3 aliphatic heterocycles. The number of ether oxygens (including phenoxy) is 8. The summed E-state index contributed by atoms with van der Waals surface area (Å²) in [7, 11) is 0. The zero-order valence-corrected chi connectivity index (χ0v) is 90.9. The Bertz CT molecular complexity index is 4110. The molecule has 42 unspecified atom stereocenters. The predicted molar refractivity (Wildman–Crippen MR) is 532 cm³/mol. The minimum Gasteiger partial charge on any atom is -0.481 e. The van der Waals surface area contributed by atoms with Crippen molar-refractivity contribution in [3.05, 3.63) is 0 Å². The lowest BCUT2D eigenvalue weighted by Gasteiger charge is -2.39. The zero-order valence-electron chi connectivity index (χ0n) is 90.9. The van der Waals surface area contributed by atoms with Crippen LogP contribution >= 0.6 is 0 Å². The maximum absolute atomic E-state index is 12.8. The highest BCUT2D eigenvalue weighted by Crippen LogP contribution is 2.66. The van der Waals surface area contributed by atoms with Crippen molar-refractivity contribution in [3.8, 4) is 0 Å². The van der Waals surface area contributed by atoms with E-state index in [2.05, 4.69) is 127 Å². The molecule has 139 heavy (non-hydrogen) atoms. The van der Waals surface area contributed by atoms with Gasteiger partial charge >= 0.3 is 65.7 Å². The van der Waals surface area contributed by atoms with Gasteiger partial charge in [0.05, 0.1) is 84.2 Å². The molecule has 3 saturated heterocycles. The Balaban J connectivity index is 0.000000142. The Morgan fingerprint density at radius 3 is 0.971 bits per heavy atom. The first kappa shape index (κ1) is 112. The molecule has 0 aromatic heterocycles. The number of carboxylic acid groups (broad SMARTS) is 1. The second-order valence-corrected chi connectivity index (χ2v) is 52.0. The fourth-order valence-electron chi connectivity index (χ4n) is 32.0. The monoisotopic (exact) mass is 1950 g/mol. The number of aliphatic carboxylic acids is 1. The first-order valence-electron chi connectivity index (χ1n) is 56.3. The highest BCUT2D eigenvalue weighted by Gasteiger charge is 2.63. The molecule has 0 aromatic rings. The first-order valence-corrected chi connectivity index (χ1v) is 56.3. The fraction of sp³-hybridized carbons (Fsp3) is 0.897. The number of cyclic esters (lactones) is 5. The Morgan fingerprint density at radius 1 is 0.388 bits per heavy atom. The third-order valence-electron chi connectivity index (χ3n) is 43.3. The molecule has 3 heterocycles. The fourth-order valence-corrected chi connectivity index (χ4v) is 32.0. The summed E-state index contributed by atoms with van der Waals surface area (Å²) in [5, 5.41) is 18.0. The molecule has 0 amide bonds. The van der Waals surface area contributed by atoms with Crippen LogP contribution in [0, 0.1) is 242 Å². The molecule has 14 bridgehead atoms. The van der Waals surface area contributed by atoms with Crippen LogP contribution in [-0.2, 0) is 95.4 Å². The number of aliphatic hydroxyl groups excluding tert-OH is 1. The van der Waals surface area contributed by atoms with E-state index in [1.165, 1.54) is 89.9 Å². The highest BCUT2D eigenvalue weighted by atomic mass is 16.6. The molecule has 17 saturated carbocycles. The minimum atomic E-state index is -0.662. The van der Waals surface area contributed by atoms with Crippen molar-refractivity contribution in [3.63, 3.8) is 0 Å². The molecule has 20 fully saturated rings. The molecule has 20 aliphatic rings. The first-order chi connectivity index (χ1) is 65.1. The molecule has 788 valence electrons. The second kappa shape index (κ2) is 45.7. The van der Waals surface area contributed by atoms with Crippen molar-refractivity contribution < 1.29 is 106 Å². The summed E-state index contributed by atoms with van der Waals surface area (Å²) in [6, 6.07) is 0. The lowest BCUT2D eigenvalue weighted by atomic mass is 9.65. The molecule has 42 atom stereocenters. The van der Waals surface area contributed by atoms with Gasteiger partial charge in [-0.1, -0.05) is 158 Å². The van der Waals surface area contributed by atoms with Crippen LogP contribution in [0.3, 0.4) is 0 Å². The van der Waals surface area contributed by atoms with Crippen molar-refractivity contribution in [2.45, 2.75) is 408 Å². The standard InChI is InChI=1S/C20H32O3.2C18H30O2.C14H24O2.C13H22O3.C12H18O2.C10H16O2.2C6H8O3/c1-11-6-7-17(18(21)8-11)20(4,5)23-19(22)16-10-14-9-15(16)13(3)12(14)2;2*1-4-18(8-6-5-7-9-18)20-17(19)16-11-14-10-15(16)13(3)12(14)2;1-8-9(2)11-6-10(8)7-12(11)13(15)16-14(3,4)5;1-7(14)6-16-13(15)12-5-10-4-11(12)9(3)8(10)2;1-7-8(2)10-3-9(7)4-12(10)5-11(13)14-6-12;1-5-6(2)8-3-7(5)4-9(8)10(11)12;2*1-3-4(2)6(8)9-5(3)7/h11-17H,6-10H2,1-5H3;2*12-16H,4-11H2,1-3H3;8-12H,6-7H2,1-5H3;7-12,14H,4-6H2,1-3H3;7-10H,3-6H2,1-2H3;5-9H,3-4H2,1-2H3,(H,11,12);2*3-4H,1-2H3. The third kappa shape index (κ3) is 24.5. The molecule has 17 aliphatic carbocycles. The number of Topliss-reactive ketones (excluding diaryl/α,β-unsaturated/α-hetero) is 1. The summed E-state index contributed by atoms with van der Waals surface area (Å²) in [4.78, 5) is 139. The maximum atomic E-state index is 12.8. The molecule has 2 N–H and O–H groups in total. The van der Waals surface area contributed by atoms with Gasteiger partial charge in [-0.15, -0.1) is 0 Å². The van der Waals surface area contributed by atoms with Gasteiger partial charge in [-0.25, -0.2) is 0 Å². The number of hydrogen-bond donors (Lipinski definition) is 2. The topological polar surface area (TPSA) is 319 Å². The molecule has 22 nitrogen and oxygen atoms in total. The van der Waals surface area contributed by atoms with Crippen molar-refractivity contribution >= 4 is 71.4 Å². The number of esters is 10. The van der Waals surface area contributed by atoms with Crippen LogP contribution in [0.25, 0.3) is 0 Å². The molecule has 20 rings (SSSR count). The average Bonchev–Trinajstić information content (AvgIpc) is 1.56. The van der Waals surface area contributed by atoms with E-state index in [0.717, 1.165) is 167 Å². The van der Waals surface area contributed by atoms with Gasteiger partial charge in [0.2, 0.25) is 0 Å². The van der Waals surface area contributed by atoms with E-state index in [0.29, 0.717) is 114 Å². The minimum absolute atomic E-state index is 0.0267. The predicted octanol–water partition coefficient (Wildman–Crippen LogP) is 23.4. The van der Waals surface area contributed by atoms with Crippen molar-refractivity contribution in [2.24, 2.45) is 242 Å². The van der Waals surface area contributed by atoms with E-state index in [9.17, 15) is 57.5 Å². The summed E-state index contributed by atoms with van der Waals surface area (Å²) < 4.78 is 42.6. The Morgan fingerprint density at radius 2 is 0.705 bits per heavy atom. The van der Waals surface area contributed by atoms with Crippen molar-refractivity contribution in [1.29, 1.82) is 0 Å². The summed E-state index contributed by atoms with van der Waals surface area (Å²) in [5.74, 6) is 18.0. The normalized spacial score (nSPS) is 43.9. The van der Waals surface area contributed by atoms with E-state index in [1.807, 2.05) is 34.6 Å². The average molecular weight is 1950 g/mol. The summed E-state index contributed by atoms with van der Waals surface area (Å²) in [6.45, 7) is 57.9. The van der Waals surface area contributed by atoms with E-state index >= 15 is 0 Å². The van der Waals surface area contributed by atoms with Gasteiger partial charge in [0, 0.05) is 11.8 Å². The molecule has 22 heteroatoms. The van der Waals surface area contributed by atoms with Crippen molar-refractivity contribution in [1.82, 2.24) is 0 Å². The van der Waals surface area contributed by atoms with Gasteiger partial charge in [0.25, 0.3) is 0 Å². The third-order valence-corrected chi connectivity index (χ3v) is 43.3. The number of carboxylic acids is 1. The number of carbonyl (C=O) groups is 12. The summed E-state index contributed by atoms with van der Waals surface area (Å²) in [5.41, 5.74) is -0.982. The molecule has 1 spiro atoms. The number of aliphatic hydroxyl groups is 1. The van der Waals surface area contributed by atoms with E-state index in [-0.39, 0.29) is 136 Å². The van der Waals surface area contributed by atoms with E-state index < -0.39 is 41.6 Å². The van der Waals surface area contributed by atoms with Gasteiger partial charge in [0.15, 0.2) is 0 Å². The van der Waals surface area contributed by atoms with Gasteiger partial charge in [-0.3, -0.25) is 57.5 Å². The number of fused-ring (bicyclic) bond motifs is 15. The zero-order chi connectivity index (χ0) is 102. The van der Waals surface area contributed by atoms with Crippen LogP contribution in [0.15, 0.2) is 0 Å². The van der Waals surface area contributed by atoms with Crippen LogP contribution in [-0.4, -0.2) is 123 Å². The van der Waals surface area contributed by atoms with Crippen LogP contribution in [0.5, 0.6) is 0 Å². The smallest absolute Gasteiger partial charge is 0.317 e. The Hall–Kier alpha value is -5.80. The number of hydrogen-bond acceptors (Lipinski definition) is 21. The van der Waals surface area contributed by atoms with Gasteiger partial charge in [0.1, 0.15) is 34.8 Å². The lowest BCUT2D eigenvalue weighted by Crippen LogP contribution is -2.45. The molecular weight excluding hydrogens is 1760 g/mol. The van der Waals surface area contributed by atoms with E-state index in [4.69, 9.17) is 38.6 Å². The van der Waals surface area contributed by atoms with Crippen LogP contribution in [0.4, 0.5) is 0 Å². The quantitative estimate of drug-likeness (QED) is 0.0927. The number of carbonyl (C=O) groups excluding carboxylic acids is 11. The maximum Gasteiger partial charge on any atom is 0.317 e. The molecule has 0 aromatic carbocycles. The van der Waals surface area contributed by atoms with Gasteiger partial charge in [-0.2, -0.15) is 0 Å². The summed E-state index contributed by atoms with van der Waals surface area (Å²) >= 11 is 0. The molecule has 0 radical (unpaired) electrons. The highest BCUT2D eigenvalue weighted by molar-refractivity contribution is 5.96. The Labute approximate surface area is 835 Å². The largest absolute Gasteiger partial charge is 0.481 e. The number of rotatable bonds is 14. The van der Waals surface area contributed by atoms with Crippen LogP contribution < -0.4 is 0 Å². The second-order valence-electron chi connectivity index (χ2n) is 52.0. The van der Waals surface area contributed by atoms with Gasteiger partial charge in [-0.05, 0) is 380 Å². The van der Waals surface area contributed by atoms with Gasteiger partial charge < -0.3 is 48.1 Å². The molecular formula is C117H188O22. The Kier molecular flexibility index (Phi) is 36.8.